The Hall–Kier alpha value is -0.250. The van der Waals surface area contributed by atoms with Crippen LogP contribution in [0.15, 0.2) is 23.1 Å². The van der Waals surface area contributed by atoms with Gasteiger partial charge in [0, 0.05) is 10.5 Å². The molecule has 2 atom stereocenters. The van der Waals surface area contributed by atoms with Crippen molar-refractivity contribution in [2.45, 2.75) is 15.5 Å². The van der Waals surface area contributed by atoms with Crippen molar-refractivity contribution < 1.29 is 9.50 Å². The molecule has 0 saturated carbocycles. The number of aliphatic hydroxyl groups excluding tert-OH is 1. The molecule has 70 valence electrons. The fraction of sp³-hybridized carbons (Fsp3) is 0.333. The van der Waals surface area contributed by atoms with Crippen LogP contribution in [0.25, 0.3) is 0 Å². The molecule has 1 heterocycles. The summed E-state index contributed by atoms with van der Waals surface area (Å²) >= 11 is 7.43. The first-order chi connectivity index (χ1) is 6.24. The molecule has 1 aromatic carbocycles. The summed E-state index contributed by atoms with van der Waals surface area (Å²) in [6.07, 6.45) is 0. The van der Waals surface area contributed by atoms with Crippen molar-refractivity contribution in [3.63, 3.8) is 0 Å². The van der Waals surface area contributed by atoms with E-state index in [2.05, 4.69) is 0 Å². The Labute approximate surface area is 84.9 Å². The molecule has 0 fully saturated rings. The third-order valence-corrected chi connectivity index (χ3v) is 4.08. The third kappa shape index (κ3) is 1.45. The Morgan fingerprint density at radius 2 is 2.31 bits per heavy atom. The molecule has 0 aromatic heterocycles. The van der Waals surface area contributed by atoms with Gasteiger partial charge in [-0.25, -0.2) is 4.39 Å². The maximum atomic E-state index is 13.3. The van der Waals surface area contributed by atoms with Gasteiger partial charge in [-0.05, 0) is 12.1 Å². The molecule has 1 nitrogen and oxygen atoms in total. The lowest BCUT2D eigenvalue weighted by Crippen LogP contribution is -2.10. The Morgan fingerprint density at radius 3 is 2.92 bits per heavy atom. The number of fused-ring (bicyclic) bond motifs is 1. The number of thioether (sulfide) groups is 1. The predicted octanol–water partition coefficient (Wildman–Crippen LogP) is 2.57. The summed E-state index contributed by atoms with van der Waals surface area (Å²) in [5.74, 6) is -0.277. The summed E-state index contributed by atoms with van der Waals surface area (Å²) < 4.78 is 13.3. The molecule has 2 unspecified atom stereocenters. The van der Waals surface area contributed by atoms with Crippen molar-refractivity contribution >= 4 is 23.4 Å². The van der Waals surface area contributed by atoms with E-state index in [1.807, 2.05) is 6.07 Å². The smallest absolute Gasteiger partial charge is 0.129 e. The van der Waals surface area contributed by atoms with Crippen LogP contribution in [0.2, 0.25) is 0 Å². The highest BCUT2D eigenvalue weighted by Gasteiger charge is 2.33. The van der Waals surface area contributed by atoms with Crippen LogP contribution in [0.1, 0.15) is 10.9 Å². The lowest BCUT2D eigenvalue weighted by atomic mass is 10.1. The normalized spacial score (nSPS) is 26.1. The average Bonchev–Trinajstić information content (AvgIpc) is 2.44. The summed E-state index contributed by atoms with van der Waals surface area (Å²) in [7, 11) is 0. The van der Waals surface area contributed by atoms with Crippen LogP contribution in [-0.4, -0.2) is 17.0 Å². The van der Waals surface area contributed by atoms with Crippen LogP contribution in [0.3, 0.4) is 0 Å². The van der Waals surface area contributed by atoms with Crippen molar-refractivity contribution in [3.8, 4) is 0 Å². The maximum absolute atomic E-state index is 13.3. The Kier molecular flexibility index (Phi) is 2.49. The van der Waals surface area contributed by atoms with Crippen LogP contribution in [0.5, 0.6) is 0 Å². The average molecular weight is 219 g/mol. The molecule has 0 spiro atoms. The van der Waals surface area contributed by atoms with Gasteiger partial charge >= 0.3 is 0 Å². The molecule has 1 aromatic rings. The highest BCUT2D eigenvalue weighted by molar-refractivity contribution is 8.00. The van der Waals surface area contributed by atoms with E-state index in [-0.39, 0.29) is 17.7 Å². The van der Waals surface area contributed by atoms with E-state index in [0.29, 0.717) is 5.56 Å². The summed E-state index contributed by atoms with van der Waals surface area (Å²) in [5.41, 5.74) is 0.535. The first-order valence-electron chi connectivity index (χ1n) is 3.94. The van der Waals surface area contributed by atoms with Gasteiger partial charge in [-0.1, -0.05) is 6.07 Å². The van der Waals surface area contributed by atoms with E-state index >= 15 is 0 Å². The zero-order chi connectivity index (χ0) is 9.42. The lowest BCUT2D eigenvalue weighted by Gasteiger charge is -2.08. The molecule has 1 aliphatic rings. The van der Waals surface area contributed by atoms with Crippen LogP contribution < -0.4 is 0 Å². The molecule has 1 N–H and O–H groups in total. The highest BCUT2D eigenvalue weighted by Crippen LogP contribution is 2.48. The van der Waals surface area contributed by atoms with Crippen molar-refractivity contribution in [1.29, 1.82) is 0 Å². The largest absolute Gasteiger partial charge is 0.395 e. The Bertz CT molecular complexity index is 331. The van der Waals surface area contributed by atoms with Gasteiger partial charge in [-0.3, -0.25) is 0 Å². The highest BCUT2D eigenvalue weighted by atomic mass is 35.5. The van der Waals surface area contributed by atoms with E-state index in [0.717, 1.165) is 4.90 Å². The lowest BCUT2D eigenvalue weighted by molar-refractivity contribution is 0.293. The van der Waals surface area contributed by atoms with Gasteiger partial charge in [0.15, 0.2) is 0 Å². The molecule has 4 heteroatoms. The van der Waals surface area contributed by atoms with E-state index in [9.17, 15) is 4.39 Å². The van der Waals surface area contributed by atoms with E-state index < -0.39 is 5.38 Å². The Balaban J connectivity index is 2.44. The molecule has 13 heavy (non-hydrogen) atoms. The van der Waals surface area contributed by atoms with Gasteiger partial charge in [0.1, 0.15) is 5.82 Å². The number of rotatable bonds is 1. The molecule has 0 aliphatic carbocycles. The molecule has 0 saturated heterocycles. The second kappa shape index (κ2) is 3.48. The topological polar surface area (TPSA) is 20.2 Å². The van der Waals surface area contributed by atoms with E-state index in [1.165, 1.54) is 17.8 Å². The second-order valence-electron chi connectivity index (χ2n) is 2.89. The summed E-state index contributed by atoms with van der Waals surface area (Å²) in [5, 5.41) is 8.44. The Morgan fingerprint density at radius 1 is 1.54 bits per heavy atom. The van der Waals surface area contributed by atoms with Crippen LogP contribution in [0.4, 0.5) is 4.39 Å². The zero-order valence-corrected chi connectivity index (χ0v) is 8.28. The second-order valence-corrected chi connectivity index (χ2v) is 4.64. The minimum atomic E-state index is -0.411. The van der Waals surface area contributed by atoms with Gasteiger partial charge in [0.05, 0.1) is 17.2 Å². The number of halogens is 2. The van der Waals surface area contributed by atoms with Crippen molar-refractivity contribution in [2.75, 3.05) is 6.61 Å². The number of hydrogen-bond acceptors (Lipinski definition) is 2. The summed E-state index contributed by atoms with van der Waals surface area (Å²) in [6.45, 7) is -0.0209. The summed E-state index contributed by atoms with van der Waals surface area (Å²) in [4.78, 5) is 0.846. The van der Waals surface area contributed by atoms with E-state index in [4.69, 9.17) is 16.7 Å². The first-order valence-corrected chi connectivity index (χ1v) is 5.25. The van der Waals surface area contributed by atoms with Crippen molar-refractivity contribution in [3.05, 3.63) is 29.6 Å². The molecule has 0 radical (unpaired) electrons. The van der Waals surface area contributed by atoms with Crippen LogP contribution >= 0.6 is 23.4 Å². The van der Waals surface area contributed by atoms with Crippen LogP contribution in [0, 0.1) is 5.82 Å². The molecular formula is C9H8ClFOS. The monoisotopic (exact) mass is 218 g/mol. The van der Waals surface area contributed by atoms with Gasteiger partial charge < -0.3 is 5.11 Å². The number of alkyl halides is 1. The molecule has 0 amide bonds. The SMILES string of the molecule is OCC1Sc2cccc(F)c2C1Cl. The third-order valence-electron chi connectivity index (χ3n) is 2.07. The number of hydrogen-bond donors (Lipinski definition) is 1. The molecule has 0 bridgehead atoms. The van der Waals surface area contributed by atoms with Crippen molar-refractivity contribution in [1.82, 2.24) is 0 Å². The molecular weight excluding hydrogens is 211 g/mol. The molecule has 1 aliphatic heterocycles. The summed E-state index contributed by atoms with van der Waals surface area (Å²) in [6, 6.07) is 4.88. The first kappa shape index (κ1) is 9.31. The van der Waals surface area contributed by atoms with Gasteiger partial charge in [-0.2, -0.15) is 0 Å². The van der Waals surface area contributed by atoms with Crippen LogP contribution in [-0.2, 0) is 0 Å². The molecule has 2 rings (SSSR count). The van der Waals surface area contributed by atoms with Gasteiger partial charge in [0.2, 0.25) is 0 Å². The maximum Gasteiger partial charge on any atom is 0.129 e. The minimum absolute atomic E-state index is 0.0209. The fourth-order valence-corrected chi connectivity index (χ4v) is 3.11. The zero-order valence-electron chi connectivity index (χ0n) is 6.71. The number of benzene rings is 1. The number of aliphatic hydroxyl groups is 1. The minimum Gasteiger partial charge on any atom is -0.395 e. The fourth-order valence-electron chi connectivity index (χ4n) is 1.43. The standard InChI is InChI=1S/C9H8ClFOS/c10-9-7(4-12)13-6-3-1-2-5(11)8(6)9/h1-3,7,9,12H,4H2. The van der Waals surface area contributed by atoms with E-state index in [1.54, 1.807) is 6.07 Å². The van der Waals surface area contributed by atoms with Crippen molar-refractivity contribution in [2.24, 2.45) is 0 Å². The predicted molar refractivity (Wildman–Crippen MR) is 51.7 cm³/mol. The van der Waals surface area contributed by atoms with Gasteiger partial charge in [0.25, 0.3) is 0 Å². The van der Waals surface area contributed by atoms with Gasteiger partial charge in [-0.15, -0.1) is 23.4 Å². The quantitative estimate of drug-likeness (QED) is 0.732.